The Bertz CT molecular complexity index is 673. The molecular weight excluding hydrogens is 447 g/mol. The van der Waals surface area contributed by atoms with Gasteiger partial charge < -0.3 is 14.2 Å². The maximum Gasteiger partial charge on any atom is 0.320 e. The van der Waals surface area contributed by atoms with Gasteiger partial charge in [0.05, 0.1) is 19.8 Å². The third-order valence-electron chi connectivity index (χ3n) is 3.89. The molecule has 0 aromatic heterocycles. The standard InChI is InChI=1S/C20H23IO5/c1-3-24-19(22)17(20(23)25-4-2)13-14-5-10-18(26-12-11-14)15-6-8-16(21)9-7-15/h5-10,17H,3-4,11-13H2,1-2H3. The average molecular weight is 470 g/mol. The summed E-state index contributed by atoms with van der Waals surface area (Å²) < 4.78 is 17.1. The highest BCUT2D eigenvalue weighted by Gasteiger charge is 2.30. The molecule has 0 amide bonds. The van der Waals surface area contributed by atoms with Gasteiger partial charge in [0.2, 0.25) is 0 Å². The van der Waals surface area contributed by atoms with E-state index in [9.17, 15) is 9.59 Å². The van der Waals surface area contributed by atoms with Crippen molar-refractivity contribution in [3.63, 3.8) is 0 Å². The lowest BCUT2D eigenvalue weighted by molar-refractivity contribution is -0.161. The van der Waals surface area contributed by atoms with E-state index in [1.807, 2.05) is 36.4 Å². The zero-order valence-corrected chi connectivity index (χ0v) is 17.2. The van der Waals surface area contributed by atoms with Crippen LogP contribution in [0.5, 0.6) is 0 Å². The summed E-state index contributed by atoms with van der Waals surface area (Å²) >= 11 is 2.26. The number of hydrogen-bond acceptors (Lipinski definition) is 5. The molecule has 26 heavy (non-hydrogen) atoms. The molecule has 0 spiro atoms. The second-order valence-corrected chi connectivity index (χ2v) is 6.97. The van der Waals surface area contributed by atoms with Crippen molar-refractivity contribution in [3.05, 3.63) is 51.1 Å². The first-order valence-electron chi connectivity index (χ1n) is 8.66. The quantitative estimate of drug-likeness (QED) is 0.341. The van der Waals surface area contributed by atoms with Gasteiger partial charge in [-0.25, -0.2) is 0 Å². The highest BCUT2D eigenvalue weighted by atomic mass is 127. The van der Waals surface area contributed by atoms with E-state index in [0.29, 0.717) is 13.0 Å². The highest BCUT2D eigenvalue weighted by molar-refractivity contribution is 14.1. The Morgan fingerprint density at radius 2 is 1.69 bits per heavy atom. The molecule has 5 nitrogen and oxygen atoms in total. The second kappa shape index (κ2) is 10.4. The molecule has 1 heterocycles. The number of rotatable bonds is 7. The van der Waals surface area contributed by atoms with Crippen LogP contribution in [0.4, 0.5) is 0 Å². The van der Waals surface area contributed by atoms with Crippen LogP contribution >= 0.6 is 22.6 Å². The van der Waals surface area contributed by atoms with Crippen LogP contribution in [0, 0.1) is 9.49 Å². The largest absolute Gasteiger partial charge is 0.493 e. The molecule has 1 aliphatic heterocycles. The lowest BCUT2D eigenvalue weighted by Crippen LogP contribution is -2.28. The Kier molecular flexibility index (Phi) is 8.15. The summed E-state index contributed by atoms with van der Waals surface area (Å²) in [7, 11) is 0. The molecule has 2 rings (SSSR count). The molecule has 0 unspecified atom stereocenters. The van der Waals surface area contributed by atoms with Crippen molar-refractivity contribution in [1.82, 2.24) is 0 Å². The minimum absolute atomic E-state index is 0.230. The van der Waals surface area contributed by atoms with Crippen molar-refractivity contribution in [1.29, 1.82) is 0 Å². The van der Waals surface area contributed by atoms with Gasteiger partial charge in [-0.3, -0.25) is 9.59 Å². The molecule has 6 heteroatoms. The first-order chi connectivity index (χ1) is 12.5. The summed E-state index contributed by atoms with van der Waals surface area (Å²) in [4.78, 5) is 24.3. The van der Waals surface area contributed by atoms with Crippen molar-refractivity contribution in [3.8, 4) is 0 Å². The minimum atomic E-state index is -0.936. The van der Waals surface area contributed by atoms with E-state index in [-0.39, 0.29) is 19.6 Å². The van der Waals surface area contributed by atoms with Crippen LogP contribution in [0.25, 0.3) is 5.76 Å². The van der Waals surface area contributed by atoms with E-state index in [1.165, 1.54) is 0 Å². The lowest BCUT2D eigenvalue weighted by atomic mass is 9.97. The van der Waals surface area contributed by atoms with Gasteiger partial charge in [0.15, 0.2) is 5.92 Å². The van der Waals surface area contributed by atoms with Crippen LogP contribution in [0.1, 0.15) is 32.3 Å². The topological polar surface area (TPSA) is 61.8 Å². The number of hydrogen-bond donors (Lipinski definition) is 0. The third kappa shape index (κ3) is 5.86. The number of esters is 2. The van der Waals surface area contributed by atoms with Gasteiger partial charge >= 0.3 is 11.9 Å². The number of allylic oxidation sites excluding steroid dienone is 2. The number of ether oxygens (including phenoxy) is 3. The Balaban J connectivity index is 2.15. The SMILES string of the molecule is CCOC(=O)C(CC1=CC=C(c2ccc(I)cc2)OCC1)C(=O)OCC. The highest BCUT2D eigenvalue weighted by Crippen LogP contribution is 2.25. The summed E-state index contributed by atoms with van der Waals surface area (Å²) in [5, 5.41) is 0. The van der Waals surface area contributed by atoms with Gasteiger partial charge in [0, 0.05) is 15.6 Å². The molecule has 0 fully saturated rings. The zero-order chi connectivity index (χ0) is 18.9. The summed E-state index contributed by atoms with van der Waals surface area (Å²) in [6.45, 7) is 4.38. The Hall–Kier alpha value is -1.83. The van der Waals surface area contributed by atoms with Crippen LogP contribution in [-0.4, -0.2) is 31.8 Å². The molecular formula is C20H23IO5. The zero-order valence-electron chi connectivity index (χ0n) is 15.0. The summed E-state index contributed by atoms with van der Waals surface area (Å²) in [5.74, 6) is -1.24. The van der Waals surface area contributed by atoms with Crippen molar-refractivity contribution >= 4 is 40.3 Å². The van der Waals surface area contributed by atoms with E-state index in [1.54, 1.807) is 13.8 Å². The second-order valence-electron chi connectivity index (χ2n) is 5.72. The van der Waals surface area contributed by atoms with Gasteiger partial charge in [0.1, 0.15) is 5.76 Å². The molecule has 1 aromatic rings. The van der Waals surface area contributed by atoms with Crippen molar-refractivity contribution < 1.29 is 23.8 Å². The van der Waals surface area contributed by atoms with Crippen LogP contribution in [0.15, 0.2) is 42.0 Å². The maximum atomic E-state index is 12.1. The monoisotopic (exact) mass is 470 g/mol. The fourth-order valence-corrected chi connectivity index (χ4v) is 2.95. The van der Waals surface area contributed by atoms with Gasteiger partial charge in [-0.05, 0) is 61.1 Å². The summed E-state index contributed by atoms with van der Waals surface area (Å²) in [5.41, 5.74) is 1.95. The van der Waals surface area contributed by atoms with Crippen molar-refractivity contribution in [2.75, 3.05) is 19.8 Å². The van der Waals surface area contributed by atoms with Crippen LogP contribution in [0.2, 0.25) is 0 Å². The van der Waals surface area contributed by atoms with E-state index in [2.05, 4.69) is 22.6 Å². The normalized spacial score (nSPS) is 14.0. The smallest absolute Gasteiger partial charge is 0.320 e. The van der Waals surface area contributed by atoms with Gasteiger partial charge in [0.25, 0.3) is 0 Å². The van der Waals surface area contributed by atoms with Crippen LogP contribution < -0.4 is 0 Å². The number of carbonyl (C=O) groups is 2. The van der Waals surface area contributed by atoms with Crippen LogP contribution in [0.3, 0.4) is 0 Å². The predicted octanol–water partition coefficient (Wildman–Crippen LogP) is 4.11. The fourth-order valence-electron chi connectivity index (χ4n) is 2.59. The van der Waals surface area contributed by atoms with Gasteiger partial charge in [-0.2, -0.15) is 0 Å². The average Bonchev–Trinajstić information content (AvgIpc) is 2.86. The van der Waals surface area contributed by atoms with Gasteiger partial charge in [-0.15, -0.1) is 0 Å². The molecule has 0 atom stereocenters. The molecule has 0 radical (unpaired) electrons. The number of halogens is 1. The van der Waals surface area contributed by atoms with E-state index in [4.69, 9.17) is 14.2 Å². The molecule has 1 aromatic carbocycles. The predicted molar refractivity (Wildman–Crippen MR) is 107 cm³/mol. The van der Waals surface area contributed by atoms with Crippen LogP contribution in [-0.2, 0) is 23.8 Å². The van der Waals surface area contributed by atoms with E-state index < -0.39 is 17.9 Å². The summed E-state index contributed by atoms with van der Waals surface area (Å²) in [6.07, 6.45) is 4.72. The van der Waals surface area contributed by atoms with Crippen molar-refractivity contribution in [2.24, 2.45) is 5.92 Å². The number of benzene rings is 1. The first-order valence-corrected chi connectivity index (χ1v) is 9.74. The fraction of sp³-hybridized carbons (Fsp3) is 0.400. The Labute approximate surface area is 167 Å². The minimum Gasteiger partial charge on any atom is -0.493 e. The summed E-state index contributed by atoms with van der Waals surface area (Å²) in [6, 6.07) is 8.05. The van der Waals surface area contributed by atoms with Crippen molar-refractivity contribution in [2.45, 2.75) is 26.7 Å². The Morgan fingerprint density at radius 3 is 2.27 bits per heavy atom. The third-order valence-corrected chi connectivity index (χ3v) is 4.61. The van der Waals surface area contributed by atoms with Gasteiger partial charge in [-0.1, -0.05) is 23.8 Å². The molecule has 1 aliphatic rings. The molecule has 0 bridgehead atoms. The Morgan fingerprint density at radius 1 is 1.08 bits per heavy atom. The molecule has 0 saturated carbocycles. The maximum absolute atomic E-state index is 12.1. The molecule has 0 aliphatic carbocycles. The molecule has 0 saturated heterocycles. The number of carbonyl (C=O) groups excluding carboxylic acids is 2. The molecule has 0 N–H and O–H groups in total. The lowest BCUT2D eigenvalue weighted by Gasteiger charge is -2.15. The van der Waals surface area contributed by atoms with E-state index in [0.717, 1.165) is 20.5 Å². The van der Waals surface area contributed by atoms with E-state index >= 15 is 0 Å². The molecule has 140 valence electrons. The first kappa shape index (κ1) is 20.5.